The van der Waals surface area contributed by atoms with Gasteiger partial charge in [0.1, 0.15) is 0 Å². The first-order chi connectivity index (χ1) is 7.00. The second-order valence-corrected chi connectivity index (χ2v) is 4.95. The summed E-state index contributed by atoms with van der Waals surface area (Å²) in [6.07, 6.45) is 9.58. The van der Waals surface area contributed by atoms with Crippen LogP contribution in [0.3, 0.4) is 0 Å². The molecule has 1 aliphatic carbocycles. The molecule has 0 radical (unpaired) electrons. The number of fused-ring (bicyclic) bond motifs is 1. The van der Waals surface area contributed by atoms with E-state index in [-0.39, 0.29) is 23.4 Å². The summed E-state index contributed by atoms with van der Waals surface area (Å²) < 4.78 is 0. The summed E-state index contributed by atoms with van der Waals surface area (Å²) in [7, 11) is 0. The van der Waals surface area contributed by atoms with Crippen LogP contribution in [0.2, 0.25) is 0 Å². The van der Waals surface area contributed by atoms with E-state index >= 15 is 0 Å². The van der Waals surface area contributed by atoms with Gasteiger partial charge in [0.05, 0.1) is 18.3 Å². The first-order valence-electron chi connectivity index (χ1n) is 5.21. The van der Waals surface area contributed by atoms with Gasteiger partial charge in [0.15, 0.2) is 0 Å². The fourth-order valence-electron chi connectivity index (χ4n) is 1.99. The fraction of sp³-hybridized carbons (Fsp3) is 0.500. The summed E-state index contributed by atoms with van der Waals surface area (Å²) >= 11 is 0. The van der Waals surface area contributed by atoms with E-state index in [1.54, 1.807) is 6.34 Å². The molecule has 1 heterocycles. The van der Waals surface area contributed by atoms with E-state index in [2.05, 4.69) is 36.7 Å². The van der Waals surface area contributed by atoms with Gasteiger partial charge in [0.2, 0.25) is 0 Å². The highest BCUT2D eigenvalue weighted by Crippen LogP contribution is 2.28. The lowest BCUT2D eigenvalue weighted by Crippen LogP contribution is -2.53. The van der Waals surface area contributed by atoms with Gasteiger partial charge in [-0.05, 0) is 20.8 Å². The zero-order chi connectivity index (χ0) is 11.1. The Morgan fingerprint density at radius 2 is 1.93 bits per heavy atom. The van der Waals surface area contributed by atoms with Gasteiger partial charge in [0.25, 0.3) is 5.91 Å². The largest absolute Gasteiger partial charge is 0.350 e. The van der Waals surface area contributed by atoms with Crippen LogP contribution in [0.15, 0.2) is 29.3 Å². The molecule has 0 aromatic heterocycles. The monoisotopic (exact) mass is 204 g/mol. The average Bonchev–Trinajstić information content (AvgIpc) is 2.17. The predicted molar refractivity (Wildman–Crippen MR) is 60.6 cm³/mol. The van der Waals surface area contributed by atoms with Crippen molar-refractivity contribution in [3.05, 3.63) is 24.3 Å². The number of carbonyl (C=O) groups is 1. The SMILES string of the molecule is CC(C)(C)N1C=NC(=O)C2C=CC=CC21. The van der Waals surface area contributed by atoms with Crippen LogP contribution >= 0.6 is 0 Å². The summed E-state index contributed by atoms with van der Waals surface area (Å²) in [4.78, 5) is 17.7. The Hall–Kier alpha value is -1.38. The van der Waals surface area contributed by atoms with E-state index in [1.165, 1.54) is 0 Å². The van der Waals surface area contributed by atoms with Crippen molar-refractivity contribution in [2.45, 2.75) is 32.4 Å². The first-order valence-corrected chi connectivity index (χ1v) is 5.21. The van der Waals surface area contributed by atoms with Crippen molar-refractivity contribution in [2.24, 2.45) is 10.9 Å². The van der Waals surface area contributed by atoms with Gasteiger partial charge < -0.3 is 4.90 Å². The molecule has 0 saturated carbocycles. The first kappa shape index (κ1) is 10.1. The Bertz CT molecular complexity index is 360. The average molecular weight is 204 g/mol. The second-order valence-electron chi connectivity index (χ2n) is 4.95. The molecule has 0 aromatic carbocycles. The minimum absolute atomic E-state index is 0.0113. The third kappa shape index (κ3) is 1.74. The molecule has 0 N–H and O–H groups in total. The van der Waals surface area contributed by atoms with Crippen LogP contribution in [0.5, 0.6) is 0 Å². The normalized spacial score (nSPS) is 29.5. The quantitative estimate of drug-likeness (QED) is 0.602. The molecule has 2 unspecified atom stereocenters. The van der Waals surface area contributed by atoms with Crippen molar-refractivity contribution in [3.8, 4) is 0 Å². The van der Waals surface area contributed by atoms with E-state index < -0.39 is 0 Å². The number of amides is 1. The van der Waals surface area contributed by atoms with Gasteiger partial charge in [-0.2, -0.15) is 0 Å². The van der Waals surface area contributed by atoms with Crippen molar-refractivity contribution < 1.29 is 4.79 Å². The molecule has 0 aromatic rings. The van der Waals surface area contributed by atoms with Gasteiger partial charge >= 0.3 is 0 Å². The Kier molecular flexibility index (Phi) is 2.25. The Morgan fingerprint density at radius 3 is 2.60 bits per heavy atom. The molecule has 1 amide bonds. The number of hydrogen-bond acceptors (Lipinski definition) is 2. The van der Waals surface area contributed by atoms with Crippen LogP contribution in [0.25, 0.3) is 0 Å². The Labute approximate surface area is 90.2 Å². The van der Waals surface area contributed by atoms with Crippen molar-refractivity contribution in [2.75, 3.05) is 0 Å². The molecule has 1 aliphatic heterocycles. The van der Waals surface area contributed by atoms with Crippen molar-refractivity contribution in [1.82, 2.24) is 4.90 Å². The molecular formula is C12H16N2O. The van der Waals surface area contributed by atoms with Gasteiger partial charge in [-0.3, -0.25) is 4.79 Å². The van der Waals surface area contributed by atoms with Gasteiger partial charge in [0, 0.05) is 5.54 Å². The number of hydrogen-bond donors (Lipinski definition) is 0. The lowest BCUT2D eigenvalue weighted by atomic mass is 9.89. The van der Waals surface area contributed by atoms with Gasteiger partial charge in [-0.15, -0.1) is 0 Å². The Morgan fingerprint density at radius 1 is 1.27 bits per heavy atom. The van der Waals surface area contributed by atoms with Crippen LogP contribution in [0.4, 0.5) is 0 Å². The van der Waals surface area contributed by atoms with Crippen molar-refractivity contribution in [1.29, 1.82) is 0 Å². The van der Waals surface area contributed by atoms with E-state index in [4.69, 9.17) is 0 Å². The molecule has 15 heavy (non-hydrogen) atoms. The van der Waals surface area contributed by atoms with Gasteiger partial charge in [-0.1, -0.05) is 24.3 Å². The summed E-state index contributed by atoms with van der Waals surface area (Å²) in [6, 6.07) is 0.125. The number of carbonyl (C=O) groups excluding carboxylic acids is 1. The molecular weight excluding hydrogens is 188 g/mol. The van der Waals surface area contributed by atoms with E-state index in [0.717, 1.165) is 0 Å². The highest BCUT2D eigenvalue weighted by molar-refractivity contribution is 5.91. The molecule has 0 fully saturated rings. The van der Waals surface area contributed by atoms with Crippen molar-refractivity contribution in [3.63, 3.8) is 0 Å². The summed E-state index contributed by atoms with van der Waals surface area (Å²) in [5.74, 6) is -0.152. The van der Waals surface area contributed by atoms with Crippen LogP contribution in [0.1, 0.15) is 20.8 Å². The number of rotatable bonds is 0. The maximum Gasteiger partial charge on any atom is 0.256 e. The number of nitrogens with zero attached hydrogens (tertiary/aromatic N) is 2. The maximum absolute atomic E-state index is 11.6. The predicted octanol–water partition coefficient (Wildman–Crippen LogP) is 1.77. The van der Waals surface area contributed by atoms with E-state index in [9.17, 15) is 4.79 Å². The van der Waals surface area contributed by atoms with Crippen LogP contribution < -0.4 is 0 Å². The van der Waals surface area contributed by atoms with Gasteiger partial charge in [-0.25, -0.2) is 4.99 Å². The third-order valence-corrected chi connectivity index (χ3v) is 2.80. The maximum atomic E-state index is 11.6. The molecule has 3 nitrogen and oxygen atoms in total. The highest BCUT2D eigenvalue weighted by Gasteiger charge is 2.37. The molecule has 0 saturated heterocycles. The fourth-order valence-corrected chi connectivity index (χ4v) is 1.99. The molecule has 80 valence electrons. The lowest BCUT2D eigenvalue weighted by molar-refractivity contribution is -0.122. The minimum atomic E-state index is -0.112. The zero-order valence-corrected chi connectivity index (χ0v) is 9.34. The van der Waals surface area contributed by atoms with E-state index in [1.807, 2.05) is 18.2 Å². The Balaban J connectivity index is 2.36. The molecule has 2 rings (SSSR count). The van der Waals surface area contributed by atoms with E-state index in [0.29, 0.717) is 0 Å². The highest BCUT2D eigenvalue weighted by atomic mass is 16.1. The molecule has 3 heteroatoms. The third-order valence-electron chi connectivity index (χ3n) is 2.80. The summed E-state index contributed by atoms with van der Waals surface area (Å²) in [6.45, 7) is 6.37. The van der Waals surface area contributed by atoms with Crippen LogP contribution in [-0.4, -0.2) is 28.7 Å². The second kappa shape index (κ2) is 3.33. The number of aliphatic imine (C=N–C) groups is 1. The summed E-state index contributed by atoms with van der Waals surface area (Å²) in [5.41, 5.74) is -0.0113. The topological polar surface area (TPSA) is 32.7 Å². The zero-order valence-electron chi connectivity index (χ0n) is 9.34. The minimum Gasteiger partial charge on any atom is -0.350 e. The standard InChI is InChI=1S/C12H16N2O/c1-12(2,3)14-8-13-11(15)9-6-4-5-7-10(9)14/h4-10H,1-3H3. The van der Waals surface area contributed by atoms with Crippen LogP contribution in [0, 0.1) is 5.92 Å². The van der Waals surface area contributed by atoms with Crippen molar-refractivity contribution >= 4 is 12.2 Å². The molecule has 0 spiro atoms. The number of allylic oxidation sites excluding steroid dienone is 2. The smallest absolute Gasteiger partial charge is 0.256 e. The lowest BCUT2D eigenvalue weighted by Gasteiger charge is -2.43. The molecule has 2 aliphatic rings. The molecule has 0 bridgehead atoms. The summed E-state index contributed by atoms with van der Waals surface area (Å²) in [5, 5.41) is 0. The molecule has 2 atom stereocenters. The van der Waals surface area contributed by atoms with Crippen LogP contribution in [-0.2, 0) is 4.79 Å².